The number of fused-ring (bicyclic) bond motifs is 6. The van der Waals surface area contributed by atoms with Gasteiger partial charge in [0.25, 0.3) is 0 Å². The van der Waals surface area contributed by atoms with Crippen LogP contribution in [0.2, 0.25) is 5.04 Å². The van der Waals surface area contributed by atoms with Crippen LogP contribution < -0.4 is 26.0 Å². The van der Waals surface area contributed by atoms with Crippen LogP contribution in [0.15, 0.2) is 174 Å². The van der Waals surface area contributed by atoms with Crippen molar-refractivity contribution in [2.24, 2.45) is 5.92 Å². The summed E-state index contributed by atoms with van der Waals surface area (Å²) in [6, 6.07) is 63.3. The van der Waals surface area contributed by atoms with Gasteiger partial charge in [-0.05, 0) is 87.3 Å². The van der Waals surface area contributed by atoms with Crippen molar-refractivity contribution in [3.63, 3.8) is 0 Å². The Morgan fingerprint density at radius 3 is 1.56 bits per heavy atom. The van der Waals surface area contributed by atoms with Gasteiger partial charge in [-0.15, -0.1) is 0 Å². The minimum Gasteiger partial charge on any atom is -0.456 e. The molecule has 1 aliphatic carbocycles. The van der Waals surface area contributed by atoms with Gasteiger partial charge in [-0.25, -0.2) is 0 Å². The molecule has 266 valence electrons. The number of para-hydroxylation sites is 1. The van der Waals surface area contributed by atoms with Crippen LogP contribution >= 0.6 is 0 Å². The molecular formula is C53H44OSi. The van der Waals surface area contributed by atoms with Gasteiger partial charge in [0, 0.05) is 16.7 Å². The van der Waals surface area contributed by atoms with Gasteiger partial charge < -0.3 is 4.42 Å². The summed E-state index contributed by atoms with van der Waals surface area (Å²) in [5, 5.41) is 14.2. The van der Waals surface area contributed by atoms with E-state index in [0.29, 0.717) is 5.92 Å². The van der Waals surface area contributed by atoms with Crippen LogP contribution in [-0.2, 0) is 0 Å². The minimum atomic E-state index is -2.84. The summed E-state index contributed by atoms with van der Waals surface area (Å²) in [4.78, 5) is 0. The Bertz CT molecular complexity index is 2940. The van der Waals surface area contributed by atoms with Gasteiger partial charge in [0.2, 0.25) is 0 Å². The number of rotatable bonds is 5. The van der Waals surface area contributed by atoms with Crippen molar-refractivity contribution in [1.29, 1.82) is 0 Å². The molecule has 10 rings (SSSR count). The third-order valence-corrected chi connectivity index (χ3v) is 18.2. The van der Waals surface area contributed by atoms with E-state index in [9.17, 15) is 0 Å². The molecule has 55 heavy (non-hydrogen) atoms. The molecule has 0 fully saturated rings. The molecule has 0 aliphatic heterocycles. The van der Waals surface area contributed by atoms with Crippen LogP contribution in [-0.4, -0.2) is 8.07 Å². The second-order valence-electron chi connectivity index (χ2n) is 16.5. The van der Waals surface area contributed by atoms with Crippen LogP contribution in [0.3, 0.4) is 0 Å². The lowest BCUT2D eigenvalue weighted by molar-refractivity contribution is 0.669. The summed E-state index contributed by atoms with van der Waals surface area (Å²) in [5.74, 6) is 0.592. The predicted molar refractivity (Wildman–Crippen MR) is 238 cm³/mol. The number of benzene rings is 8. The Kier molecular flexibility index (Phi) is 7.83. The first-order chi connectivity index (χ1) is 26.8. The molecule has 0 saturated carbocycles. The van der Waals surface area contributed by atoms with Crippen molar-refractivity contribution in [2.45, 2.75) is 38.7 Å². The van der Waals surface area contributed by atoms with E-state index in [1.165, 1.54) is 69.6 Å². The van der Waals surface area contributed by atoms with E-state index >= 15 is 0 Å². The number of furan rings is 1. The fourth-order valence-corrected chi connectivity index (χ4v) is 15.9. The van der Waals surface area contributed by atoms with E-state index in [-0.39, 0.29) is 11.0 Å². The van der Waals surface area contributed by atoms with Crippen molar-refractivity contribution in [3.8, 4) is 11.1 Å². The molecular weight excluding hydrogens is 681 g/mol. The van der Waals surface area contributed by atoms with Crippen molar-refractivity contribution >= 4 is 79.3 Å². The zero-order chi connectivity index (χ0) is 37.3. The highest BCUT2D eigenvalue weighted by molar-refractivity contribution is 7.14. The highest BCUT2D eigenvalue weighted by Crippen LogP contribution is 2.46. The normalized spacial score (nSPS) is 15.9. The Hall–Kier alpha value is -5.96. The fraction of sp³-hybridized carbons (Fsp3) is 0.132. The molecule has 8 aromatic carbocycles. The highest BCUT2D eigenvalue weighted by atomic mass is 28.3. The molecule has 2 atom stereocenters. The molecule has 0 saturated heterocycles. The van der Waals surface area contributed by atoms with Gasteiger partial charge in [-0.3, -0.25) is 0 Å². The van der Waals surface area contributed by atoms with E-state index in [1.807, 2.05) is 0 Å². The van der Waals surface area contributed by atoms with Crippen molar-refractivity contribution in [1.82, 2.24) is 0 Å². The lowest BCUT2D eigenvalue weighted by Crippen LogP contribution is -2.72. The Balaban J connectivity index is 1.37. The second kappa shape index (κ2) is 12.8. The maximum absolute atomic E-state index is 7.06. The fourth-order valence-electron chi connectivity index (χ4n) is 10.1. The first kappa shape index (κ1) is 33.6. The van der Waals surface area contributed by atoms with Crippen LogP contribution in [0.1, 0.15) is 39.2 Å². The first-order valence-corrected chi connectivity index (χ1v) is 21.6. The lowest BCUT2D eigenvalue weighted by atomic mass is 9.77. The summed E-state index contributed by atoms with van der Waals surface area (Å²) in [7, 11) is -2.84. The molecule has 0 radical (unpaired) electrons. The summed E-state index contributed by atoms with van der Waals surface area (Å²) in [6.07, 6.45) is 4.98. The molecule has 2 unspecified atom stereocenters. The van der Waals surface area contributed by atoms with Crippen molar-refractivity contribution in [3.05, 3.63) is 186 Å². The molecule has 1 nitrogen and oxygen atoms in total. The summed E-state index contributed by atoms with van der Waals surface area (Å²) in [6.45, 7) is 9.70. The van der Waals surface area contributed by atoms with Crippen LogP contribution in [0.25, 0.3) is 66.8 Å². The van der Waals surface area contributed by atoms with Crippen LogP contribution in [0.4, 0.5) is 0 Å². The molecule has 1 heterocycles. The molecule has 1 aliphatic rings. The Morgan fingerprint density at radius 2 is 0.982 bits per heavy atom. The number of hydrogen-bond donors (Lipinski definition) is 0. The molecule has 2 heteroatoms. The third kappa shape index (κ3) is 5.12. The predicted octanol–water partition coefficient (Wildman–Crippen LogP) is 10.8. The summed E-state index contributed by atoms with van der Waals surface area (Å²) < 4.78 is 7.06. The average molecular weight is 725 g/mol. The quantitative estimate of drug-likeness (QED) is 0.0979. The largest absolute Gasteiger partial charge is 0.456 e. The van der Waals surface area contributed by atoms with Crippen LogP contribution in [0, 0.1) is 5.92 Å². The highest BCUT2D eigenvalue weighted by Gasteiger charge is 2.51. The smallest absolute Gasteiger partial charge is 0.158 e. The second-order valence-corrected chi connectivity index (χ2v) is 21.2. The third-order valence-electron chi connectivity index (χ3n) is 12.4. The molecule has 1 aromatic heterocycles. The van der Waals surface area contributed by atoms with E-state index < -0.39 is 8.07 Å². The summed E-state index contributed by atoms with van der Waals surface area (Å²) >= 11 is 0. The minimum absolute atomic E-state index is 0.117. The van der Waals surface area contributed by atoms with Gasteiger partial charge in [0.05, 0.1) is 0 Å². The molecule has 0 spiro atoms. The van der Waals surface area contributed by atoms with Gasteiger partial charge >= 0.3 is 0 Å². The van der Waals surface area contributed by atoms with Crippen molar-refractivity contribution < 1.29 is 4.42 Å². The van der Waals surface area contributed by atoms with Crippen molar-refractivity contribution in [2.75, 3.05) is 0 Å². The van der Waals surface area contributed by atoms with E-state index in [4.69, 9.17) is 4.42 Å². The zero-order valence-electron chi connectivity index (χ0n) is 31.9. The molecule has 0 N–H and O–H groups in total. The monoisotopic (exact) mass is 724 g/mol. The van der Waals surface area contributed by atoms with Gasteiger partial charge in [0.15, 0.2) is 8.07 Å². The Morgan fingerprint density at radius 1 is 0.491 bits per heavy atom. The van der Waals surface area contributed by atoms with Crippen LogP contribution in [0.5, 0.6) is 0 Å². The topological polar surface area (TPSA) is 13.1 Å². The first-order valence-electron chi connectivity index (χ1n) is 19.6. The molecule has 0 bridgehead atoms. The SMILES string of the molecule is CC1C=c2ccccc2=CC1c1c2ccccc2c(-c2cc([Si](c3ccccc3)(c3ccccc3)C(C)(C)C)c3oc4ccccc4c3c2)c2ccccc12. The van der Waals surface area contributed by atoms with E-state index in [1.54, 1.807) is 0 Å². The maximum atomic E-state index is 7.06. The van der Waals surface area contributed by atoms with E-state index in [2.05, 4.69) is 210 Å². The maximum Gasteiger partial charge on any atom is 0.158 e. The zero-order valence-corrected chi connectivity index (χ0v) is 32.9. The van der Waals surface area contributed by atoms with Gasteiger partial charge in [0.1, 0.15) is 11.2 Å². The number of hydrogen-bond acceptors (Lipinski definition) is 1. The Labute approximate surface area is 323 Å². The van der Waals surface area contributed by atoms with Gasteiger partial charge in [-0.2, -0.15) is 0 Å². The standard InChI is InChI=1S/C53H44OSi/c1-35-31-36-19-11-12-20-37(36)32-46(35)51-44-28-15-13-26-42(44)50(43-27-14-16-29-45(43)51)38-33-47-41-25-17-18-30-48(41)54-52(47)49(34-38)55(53(2,3)4,39-21-7-5-8-22-39)40-23-9-6-10-24-40/h5-35,46H,1-4H3. The van der Waals surface area contributed by atoms with Gasteiger partial charge in [-0.1, -0.05) is 198 Å². The lowest BCUT2D eigenvalue weighted by Gasteiger charge is -2.44. The molecule has 0 amide bonds. The average Bonchev–Trinajstić information content (AvgIpc) is 3.59. The summed E-state index contributed by atoms with van der Waals surface area (Å²) in [5.41, 5.74) is 5.87. The molecule has 9 aromatic rings. The van der Waals surface area contributed by atoms with E-state index in [0.717, 1.165) is 16.6 Å².